The van der Waals surface area contributed by atoms with Crippen LogP contribution in [0.5, 0.6) is 0 Å². The number of aryl methyl sites for hydroxylation is 1. The number of hydrogen-bond acceptors (Lipinski definition) is 4. The molecule has 38 heavy (non-hydrogen) atoms. The molecule has 5 heteroatoms. The second-order valence-corrected chi connectivity index (χ2v) is 11.1. The highest BCUT2D eigenvalue weighted by Gasteiger charge is 2.36. The van der Waals surface area contributed by atoms with E-state index < -0.39 is 17.7 Å². The zero-order chi connectivity index (χ0) is 27.6. The third kappa shape index (κ3) is 5.83. The fraction of sp³-hybridized carbons (Fsp3) is 0.394. The highest BCUT2D eigenvalue weighted by molar-refractivity contribution is 5.88. The second-order valence-electron chi connectivity index (χ2n) is 11.1. The number of ether oxygens (including phenoxy) is 2. The van der Waals surface area contributed by atoms with Gasteiger partial charge in [-0.25, -0.2) is 4.79 Å². The molecule has 0 aromatic heterocycles. The standard InChI is InChI=1S/C33H39NO4/c1-8-37-32(36)31(38-33(5,6)7)30-22(3)26-18-28(35)34(19-24-12-10-9-11-13-24)20-27(26)23(4)29(30)25-16-14-21(2)15-17-25/h9-17,31H,8,18-20H2,1-7H3. The van der Waals surface area contributed by atoms with Crippen molar-refractivity contribution in [3.05, 3.63) is 93.5 Å². The Balaban J connectivity index is 1.92. The van der Waals surface area contributed by atoms with Gasteiger partial charge in [0.2, 0.25) is 5.91 Å². The second kappa shape index (κ2) is 11.1. The molecule has 0 aliphatic carbocycles. The van der Waals surface area contributed by atoms with Gasteiger partial charge in [-0.15, -0.1) is 0 Å². The number of esters is 1. The Labute approximate surface area is 226 Å². The molecule has 5 nitrogen and oxygen atoms in total. The van der Waals surface area contributed by atoms with Gasteiger partial charge in [0, 0.05) is 18.7 Å². The van der Waals surface area contributed by atoms with Crippen LogP contribution < -0.4 is 0 Å². The summed E-state index contributed by atoms with van der Waals surface area (Å²) in [5.74, 6) is -0.326. The average molecular weight is 514 g/mol. The van der Waals surface area contributed by atoms with Crippen molar-refractivity contribution in [1.29, 1.82) is 0 Å². The molecule has 0 saturated heterocycles. The van der Waals surface area contributed by atoms with Crippen molar-refractivity contribution in [3.8, 4) is 11.1 Å². The summed E-state index contributed by atoms with van der Waals surface area (Å²) in [6.45, 7) is 15.2. The number of rotatable bonds is 7. The summed E-state index contributed by atoms with van der Waals surface area (Å²) in [7, 11) is 0. The van der Waals surface area contributed by atoms with Crippen LogP contribution in [0.25, 0.3) is 11.1 Å². The fourth-order valence-electron chi connectivity index (χ4n) is 5.32. The van der Waals surface area contributed by atoms with Crippen LogP contribution in [-0.4, -0.2) is 29.0 Å². The van der Waals surface area contributed by atoms with Gasteiger partial charge < -0.3 is 14.4 Å². The first kappa shape index (κ1) is 27.6. The summed E-state index contributed by atoms with van der Waals surface area (Å²) < 4.78 is 11.9. The van der Waals surface area contributed by atoms with Crippen molar-refractivity contribution in [1.82, 2.24) is 4.90 Å². The van der Waals surface area contributed by atoms with E-state index in [0.29, 0.717) is 19.5 Å². The van der Waals surface area contributed by atoms with Gasteiger partial charge in [-0.1, -0.05) is 60.2 Å². The normalized spacial score (nSPS) is 14.3. The van der Waals surface area contributed by atoms with Gasteiger partial charge in [-0.05, 0) is 87.4 Å². The molecule has 0 N–H and O–H groups in total. The monoisotopic (exact) mass is 513 g/mol. The van der Waals surface area contributed by atoms with Crippen LogP contribution in [0.2, 0.25) is 0 Å². The van der Waals surface area contributed by atoms with Crippen LogP contribution in [0.15, 0.2) is 54.6 Å². The van der Waals surface area contributed by atoms with Crippen molar-refractivity contribution >= 4 is 11.9 Å². The summed E-state index contributed by atoms with van der Waals surface area (Å²) in [5.41, 5.74) is 8.63. The summed E-state index contributed by atoms with van der Waals surface area (Å²) in [4.78, 5) is 28.7. The molecular weight excluding hydrogens is 474 g/mol. The number of nitrogens with zero attached hydrogens (tertiary/aromatic N) is 1. The van der Waals surface area contributed by atoms with E-state index in [9.17, 15) is 9.59 Å². The third-order valence-electron chi connectivity index (χ3n) is 7.14. The van der Waals surface area contributed by atoms with E-state index in [4.69, 9.17) is 9.47 Å². The van der Waals surface area contributed by atoms with Gasteiger partial charge in [0.1, 0.15) is 0 Å². The van der Waals surface area contributed by atoms with Crippen LogP contribution in [0.3, 0.4) is 0 Å². The lowest BCUT2D eigenvalue weighted by Crippen LogP contribution is -2.37. The van der Waals surface area contributed by atoms with E-state index >= 15 is 0 Å². The molecule has 1 amide bonds. The van der Waals surface area contributed by atoms with Crippen LogP contribution >= 0.6 is 0 Å². The molecule has 1 aliphatic rings. The van der Waals surface area contributed by atoms with Crippen molar-refractivity contribution in [2.45, 2.75) is 79.7 Å². The van der Waals surface area contributed by atoms with Gasteiger partial charge in [-0.2, -0.15) is 0 Å². The lowest BCUT2D eigenvalue weighted by molar-refractivity contribution is -0.166. The van der Waals surface area contributed by atoms with Crippen LogP contribution in [-0.2, 0) is 38.6 Å². The molecule has 200 valence electrons. The highest BCUT2D eigenvalue weighted by atomic mass is 16.6. The minimum Gasteiger partial charge on any atom is -0.464 e. The molecule has 3 aromatic carbocycles. The molecule has 0 bridgehead atoms. The summed E-state index contributed by atoms with van der Waals surface area (Å²) >= 11 is 0. The Morgan fingerprint density at radius 2 is 1.61 bits per heavy atom. The first-order chi connectivity index (χ1) is 18.0. The van der Waals surface area contributed by atoms with Gasteiger partial charge in [0.15, 0.2) is 6.10 Å². The molecule has 1 aliphatic heterocycles. The number of benzene rings is 3. The number of carbonyl (C=O) groups is 2. The minimum atomic E-state index is -0.910. The molecule has 0 radical (unpaired) electrons. The predicted octanol–water partition coefficient (Wildman–Crippen LogP) is 6.78. The Kier molecular flexibility index (Phi) is 8.08. The van der Waals surface area contributed by atoms with Gasteiger partial charge in [0.25, 0.3) is 0 Å². The predicted molar refractivity (Wildman–Crippen MR) is 151 cm³/mol. The van der Waals surface area contributed by atoms with Gasteiger partial charge in [-0.3, -0.25) is 4.79 Å². The molecule has 4 rings (SSSR count). The van der Waals surface area contributed by atoms with Gasteiger partial charge >= 0.3 is 5.97 Å². The number of hydrogen-bond donors (Lipinski definition) is 0. The van der Waals surface area contributed by atoms with E-state index in [1.165, 1.54) is 0 Å². The van der Waals surface area contributed by atoms with Crippen molar-refractivity contribution < 1.29 is 19.1 Å². The van der Waals surface area contributed by atoms with E-state index in [2.05, 4.69) is 50.2 Å². The zero-order valence-corrected chi connectivity index (χ0v) is 23.7. The Bertz CT molecular complexity index is 1320. The van der Waals surface area contributed by atoms with E-state index in [1.807, 2.05) is 50.8 Å². The third-order valence-corrected chi connectivity index (χ3v) is 7.14. The summed E-state index contributed by atoms with van der Waals surface area (Å²) in [6, 6.07) is 18.5. The number of carbonyl (C=O) groups excluding carboxylic acids is 2. The zero-order valence-electron chi connectivity index (χ0n) is 23.7. The van der Waals surface area contributed by atoms with Crippen LogP contribution in [0.1, 0.15) is 72.7 Å². The van der Waals surface area contributed by atoms with Crippen molar-refractivity contribution in [2.24, 2.45) is 0 Å². The molecular formula is C33H39NO4. The molecule has 3 aromatic rings. The van der Waals surface area contributed by atoms with Crippen molar-refractivity contribution in [3.63, 3.8) is 0 Å². The maximum absolute atomic E-state index is 13.4. The smallest absolute Gasteiger partial charge is 0.339 e. The van der Waals surface area contributed by atoms with E-state index in [1.54, 1.807) is 6.92 Å². The first-order valence-corrected chi connectivity index (χ1v) is 13.4. The SMILES string of the molecule is CCOC(=O)C(OC(C)(C)C)c1c(C)c2c(c(C)c1-c1ccc(C)cc1)CN(Cc1ccccc1)C(=O)C2. The summed E-state index contributed by atoms with van der Waals surface area (Å²) in [5, 5.41) is 0. The van der Waals surface area contributed by atoms with Crippen LogP contribution in [0, 0.1) is 20.8 Å². The maximum Gasteiger partial charge on any atom is 0.339 e. The average Bonchev–Trinajstić information content (AvgIpc) is 2.86. The lowest BCUT2D eigenvalue weighted by Gasteiger charge is -2.35. The topological polar surface area (TPSA) is 55.8 Å². The number of fused-ring (bicyclic) bond motifs is 1. The Morgan fingerprint density at radius 1 is 0.947 bits per heavy atom. The maximum atomic E-state index is 13.4. The molecule has 0 saturated carbocycles. The summed E-state index contributed by atoms with van der Waals surface area (Å²) in [6.07, 6.45) is -0.617. The molecule has 1 unspecified atom stereocenters. The first-order valence-electron chi connectivity index (χ1n) is 13.4. The Hall–Kier alpha value is -3.44. The Morgan fingerprint density at radius 3 is 2.21 bits per heavy atom. The largest absolute Gasteiger partial charge is 0.464 e. The van der Waals surface area contributed by atoms with E-state index in [-0.39, 0.29) is 12.5 Å². The van der Waals surface area contributed by atoms with Crippen molar-refractivity contribution in [2.75, 3.05) is 6.61 Å². The van der Waals surface area contributed by atoms with Gasteiger partial charge in [0.05, 0.1) is 18.6 Å². The molecule has 0 fully saturated rings. The lowest BCUT2D eigenvalue weighted by atomic mass is 9.80. The minimum absolute atomic E-state index is 0.0855. The highest BCUT2D eigenvalue weighted by Crippen LogP contribution is 2.43. The molecule has 1 heterocycles. The number of amides is 1. The fourth-order valence-corrected chi connectivity index (χ4v) is 5.32. The molecule has 1 atom stereocenters. The van der Waals surface area contributed by atoms with Crippen LogP contribution in [0.4, 0.5) is 0 Å². The van der Waals surface area contributed by atoms with E-state index in [0.717, 1.165) is 50.1 Å². The molecule has 0 spiro atoms. The quantitative estimate of drug-likeness (QED) is 0.327.